The number of hydrogen-bond donors (Lipinski definition) is 1. The Hall–Kier alpha value is -0.610. The van der Waals surface area contributed by atoms with Crippen molar-refractivity contribution in [3.8, 4) is 0 Å². The van der Waals surface area contributed by atoms with Gasteiger partial charge in [-0.3, -0.25) is 0 Å². The topological polar surface area (TPSA) is 55.8 Å². The molecule has 1 saturated heterocycles. The largest absolute Gasteiger partial charge is 0.477 e. The molecule has 0 bridgehead atoms. The average molecular weight is 160 g/mol. The first-order valence-electron chi connectivity index (χ1n) is 3.60. The van der Waals surface area contributed by atoms with Crippen molar-refractivity contribution < 1.29 is 19.4 Å². The highest BCUT2D eigenvalue weighted by Gasteiger charge is 2.39. The van der Waals surface area contributed by atoms with E-state index in [1.807, 2.05) is 6.92 Å². The molecular weight excluding hydrogens is 148 g/mol. The minimum atomic E-state index is -1.43. The van der Waals surface area contributed by atoms with Crippen LogP contribution in [0, 0.1) is 0 Å². The van der Waals surface area contributed by atoms with Gasteiger partial charge in [-0.25, -0.2) is 4.79 Å². The molecular formula is C7H12O4. The van der Waals surface area contributed by atoms with Crippen molar-refractivity contribution in [1.82, 2.24) is 0 Å². The van der Waals surface area contributed by atoms with Crippen LogP contribution in [-0.4, -0.2) is 29.6 Å². The molecule has 1 aliphatic rings. The van der Waals surface area contributed by atoms with Gasteiger partial charge in [0.1, 0.15) is 0 Å². The molecule has 0 spiro atoms. The second kappa shape index (κ2) is 2.79. The van der Waals surface area contributed by atoms with Crippen LogP contribution in [0.5, 0.6) is 0 Å². The lowest BCUT2D eigenvalue weighted by Crippen LogP contribution is -2.47. The van der Waals surface area contributed by atoms with Gasteiger partial charge in [-0.05, 0) is 13.3 Å². The highest BCUT2D eigenvalue weighted by molar-refractivity contribution is 5.75. The predicted octanol–water partition coefficient (Wildman–Crippen LogP) is 0.613. The van der Waals surface area contributed by atoms with Gasteiger partial charge in [0, 0.05) is 6.92 Å². The molecule has 4 nitrogen and oxygen atoms in total. The fourth-order valence-electron chi connectivity index (χ4n) is 1.01. The first-order valence-corrected chi connectivity index (χ1v) is 3.60. The summed E-state index contributed by atoms with van der Waals surface area (Å²) in [6, 6.07) is 0. The molecule has 0 amide bonds. The summed E-state index contributed by atoms with van der Waals surface area (Å²) in [5.74, 6) is -2.50. The van der Waals surface area contributed by atoms with Gasteiger partial charge < -0.3 is 14.6 Å². The Labute approximate surface area is 65.1 Å². The van der Waals surface area contributed by atoms with E-state index in [0.29, 0.717) is 6.61 Å². The van der Waals surface area contributed by atoms with Gasteiger partial charge in [-0.15, -0.1) is 0 Å². The highest BCUT2D eigenvalue weighted by Crippen LogP contribution is 2.22. The molecule has 0 aliphatic carbocycles. The lowest BCUT2D eigenvalue weighted by molar-refractivity contribution is -0.276. The summed E-state index contributed by atoms with van der Waals surface area (Å²) < 4.78 is 10.1. The summed E-state index contributed by atoms with van der Waals surface area (Å²) in [4.78, 5) is 10.6. The zero-order chi connectivity index (χ0) is 8.48. The number of aliphatic carboxylic acids is 1. The number of rotatable bonds is 1. The molecule has 0 radical (unpaired) electrons. The van der Waals surface area contributed by atoms with Crippen LogP contribution < -0.4 is 0 Å². The Morgan fingerprint density at radius 1 is 1.73 bits per heavy atom. The van der Waals surface area contributed by atoms with Crippen LogP contribution in [0.4, 0.5) is 0 Å². The van der Waals surface area contributed by atoms with Crippen LogP contribution in [0.15, 0.2) is 0 Å². The minimum Gasteiger partial charge on any atom is -0.477 e. The van der Waals surface area contributed by atoms with Gasteiger partial charge in [0.05, 0.1) is 12.7 Å². The van der Waals surface area contributed by atoms with E-state index in [1.54, 1.807) is 0 Å². The van der Waals surface area contributed by atoms with Crippen LogP contribution in [0.2, 0.25) is 0 Å². The normalized spacial score (nSPS) is 38.5. The summed E-state index contributed by atoms with van der Waals surface area (Å²) >= 11 is 0. The van der Waals surface area contributed by atoms with E-state index < -0.39 is 11.8 Å². The summed E-state index contributed by atoms with van der Waals surface area (Å²) in [5, 5.41) is 8.67. The fourth-order valence-corrected chi connectivity index (χ4v) is 1.01. The van der Waals surface area contributed by atoms with Gasteiger partial charge in [0.25, 0.3) is 5.79 Å². The summed E-state index contributed by atoms with van der Waals surface area (Å²) in [6.07, 6.45) is 0.716. The molecule has 0 saturated carbocycles. The van der Waals surface area contributed by atoms with Gasteiger partial charge >= 0.3 is 5.97 Å². The zero-order valence-electron chi connectivity index (χ0n) is 6.66. The van der Waals surface area contributed by atoms with Crippen molar-refractivity contribution in [1.29, 1.82) is 0 Å². The van der Waals surface area contributed by atoms with E-state index in [9.17, 15) is 4.79 Å². The SMILES string of the molecule is C[C@H]1CCOC(C)(C(=O)O)O1. The van der Waals surface area contributed by atoms with E-state index in [4.69, 9.17) is 14.6 Å². The van der Waals surface area contributed by atoms with Crippen molar-refractivity contribution in [2.24, 2.45) is 0 Å². The third kappa shape index (κ3) is 1.70. The molecule has 1 fully saturated rings. The summed E-state index contributed by atoms with van der Waals surface area (Å²) in [7, 11) is 0. The van der Waals surface area contributed by atoms with Crippen molar-refractivity contribution in [3.05, 3.63) is 0 Å². The molecule has 0 aromatic rings. The second-order valence-corrected chi connectivity index (χ2v) is 2.82. The van der Waals surface area contributed by atoms with Crippen LogP contribution >= 0.6 is 0 Å². The molecule has 1 heterocycles. The van der Waals surface area contributed by atoms with E-state index in [0.717, 1.165) is 6.42 Å². The van der Waals surface area contributed by atoms with Crippen molar-refractivity contribution in [2.75, 3.05) is 6.61 Å². The molecule has 0 aromatic carbocycles. The number of carboxylic acids is 1. The van der Waals surface area contributed by atoms with Crippen molar-refractivity contribution in [3.63, 3.8) is 0 Å². The number of carboxylic acid groups (broad SMARTS) is 1. The van der Waals surface area contributed by atoms with Crippen LogP contribution in [-0.2, 0) is 14.3 Å². The molecule has 64 valence electrons. The Balaban J connectivity index is 2.63. The average Bonchev–Trinajstić information content (AvgIpc) is 1.86. The fraction of sp³-hybridized carbons (Fsp3) is 0.857. The molecule has 1 rings (SSSR count). The maximum atomic E-state index is 10.6. The number of hydrogen-bond acceptors (Lipinski definition) is 3. The molecule has 11 heavy (non-hydrogen) atoms. The minimum absolute atomic E-state index is 0.0372. The molecule has 0 aromatic heterocycles. The maximum Gasteiger partial charge on any atom is 0.364 e. The van der Waals surface area contributed by atoms with Gasteiger partial charge in [0.15, 0.2) is 0 Å². The number of ether oxygens (including phenoxy) is 2. The molecule has 1 unspecified atom stereocenters. The van der Waals surface area contributed by atoms with Crippen LogP contribution in [0.3, 0.4) is 0 Å². The first-order chi connectivity index (χ1) is 5.04. The highest BCUT2D eigenvalue weighted by atomic mass is 16.7. The van der Waals surface area contributed by atoms with Gasteiger partial charge in [-0.2, -0.15) is 0 Å². The van der Waals surface area contributed by atoms with Crippen molar-refractivity contribution >= 4 is 5.97 Å². The quantitative estimate of drug-likeness (QED) is 0.610. The lowest BCUT2D eigenvalue weighted by Gasteiger charge is -2.33. The predicted molar refractivity (Wildman–Crippen MR) is 37.2 cm³/mol. The van der Waals surface area contributed by atoms with E-state index in [-0.39, 0.29) is 6.10 Å². The molecule has 4 heteroatoms. The second-order valence-electron chi connectivity index (χ2n) is 2.82. The lowest BCUT2D eigenvalue weighted by atomic mass is 10.2. The smallest absolute Gasteiger partial charge is 0.364 e. The molecule has 2 atom stereocenters. The molecule has 1 N–H and O–H groups in total. The van der Waals surface area contributed by atoms with E-state index >= 15 is 0 Å². The Bertz CT molecular complexity index is 168. The monoisotopic (exact) mass is 160 g/mol. The van der Waals surface area contributed by atoms with Crippen LogP contribution in [0.1, 0.15) is 20.3 Å². The summed E-state index contributed by atoms with van der Waals surface area (Å²) in [5.41, 5.74) is 0. The standard InChI is InChI=1S/C7H12O4/c1-5-3-4-10-7(2,11-5)6(8)9/h5H,3-4H2,1-2H3,(H,8,9)/t5-,7?/m0/s1. The maximum absolute atomic E-state index is 10.6. The van der Waals surface area contributed by atoms with Crippen molar-refractivity contribution in [2.45, 2.75) is 32.2 Å². The summed E-state index contributed by atoms with van der Waals surface area (Å²) in [6.45, 7) is 3.71. The zero-order valence-corrected chi connectivity index (χ0v) is 6.66. The third-order valence-electron chi connectivity index (χ3n) is 1.72. The first kappa shape index (κ1) is 8.49. The van der Waals surface area contributed by atoms with E-state index in [1.165, 1.54) is 6.92 Å². The van der Waals surface area contributed by atoms with Crippen LogP contribution in [0.25, 0.3) is 0 Å². The Morgan fingerprint density at radius 3 is 2.73 bits per heavy atom. The molecule has 1 aliphatic heterocycles. The van der Waals surface area contributed by atoms with Gasteiger partial charge in [-0.1, -0.05) is 0 Å². The van der Waals surface area contributed by atoms with E-state index in [2.05, 4.69) is 0 Å². The van der Waals surface area contributed by atoms with Gasteiger partial charge in [0.2, 0.25) is 0 Å². The Morgan fingerprint density at radius 2 is 2.36 bits per heavy atom. The number of carbonyl (C=O) groups is 1. The Kier molecular flexibility index (Phi) is 2.15. The third-order valence-corrected chi connectivity index (χ3v) is 1.72.